The van der Waals surface area contributed by atoms with E-state index in [2.05, 4.69) is 5.32 Å². The lowest BCUT2D eigenvalue weighted by atomic mass is 10.1. The van der Waals surface area contributed by atoms with Gasteiger partial charge in [0.2, 0.25) is 5.91 Å². The van der Waals surface area contributed by atoms with Gasteiger partial charge in [0.15, 0.2) is 0 Å². The largest absolute Gasteiger partial charge is 0.469 e. The maximum atomic E-state index is 12.2. The Morgan fingerprint density at radius 2 is 2.09 bits per heavy atom. The highest BCUT2D eigenvalue weighted by Gasteiger charge is 2.24. The van der Waals surface area contributed by atoms with E-state index in [1.165, 1.54) is 22.6 Å². The van der Waals surface area contributed by atoms with Crippen LogP contribution in [0.4, 0.5) is 5.00 Å². The predicted molar refractivity (Wildman–Crippen MR) is 89.8 cm³/mol. The van der Waals surface area contributed by atoms with Gasteiger partial charge in [0.05, 0.1) is 11.8 Å². The lowest BCUT2D eigenvalue weighted by molar-refractivity contribution is -0.116. The molecule has 0 unspecified atom stereocenters. The predicted octanol–water partition coefficient (Wildman–Crippen LogP) is 3.28. The Hall–Kier alpha value is -2.08. The SMILES string of the molecule is NC(=O)c1c(NC(=O)CCc2ccco2)sc2c1CCCCC2. The molecule has 0 atom stereocenters. The molecule has 122 valence electrons. The quantitative estimate of drug-likeness (QED) is 0.824. The van der Waals surface area contributed by atoms with Crippen molar-refractivity contribution in [2.24, 2.45) is 5.73 Å². The van der Waals surface area contributed by atoms with E-state index in [0.717, 1.165) is 37.0 Å². The van der Waals surface area contributed by atoms with E-state index in [9.17, 15) is 9.59 Å². The Balaban J connectivity index is 1.74. The molecule has 0 spiro atoms. The van der Waals surface area contributed by atoms with Crippen molar-refractivity contribution in [3.05, 3.63) is 40.2 Å². The van der Waals surface area contributed by atoms with Crippen LogP contribution in [0.15, 0.2) is 22.8 Å². The molecule has 2 amide bonds. The van der Waals surface area contributed by atoms with Crippen molar-refractivity contribution in [3.63, 3.8) is 0 Å². The smallest absolute Gasteiger partial charge is 0.251 e. The van der Waals surface area contributed by atoms with Crippen LogP contribution in [-0.2, 0) is 24.1 Å². The molecule has 0 radical (unpaired) electrons. The number of aryl methyl sites for hydroxylation is 2. The summed E-state index contributed by atoms with van der Waals surface area (Å²) in [6.07, 6.45) is 7.63. The second kappa shape index (κ2) is 7.00. The number of furan rings is 1. The number of fused-ring (bicyclic) bond motifs is 1. The number of carbonyl (C=O) groups excluding carboxylic acids is 2. The normalized spacial score (nSPS) is 14.1. The fraction of sp³-hybridized carbons (Fsp3) is 0.412. The Morgan fingerprint density at radius 3 is 2.83 bits per heavy atom. The summed E-state index contributed by atoms with van der Waals surface area (Å²) >= 11 is 1.50. The molecule has 23 heavy (non-hydrogen) atoms. The van der Waals surface area contributed by atoms with E-state index in [-0.39, 0.29) is 5.91 Å². The van der Waals surface area contributed by atoms with Crippen LogP contribution in [0.3, 0.4) is 0 Å². The average molecular weight is 332 g/mol. The summed E-state index contributed by atoms with van der Waals surface area (Å²) in [6, 6.07) is 3.64. The average Bonchev–Trinajstić information content (AvgIpc) is 3.08. The maximum Gasteiger partial charge on any atom is 0.251 e. The molecule has 0 fully saturated rings. The molecule has 6 heteroatoms. The summed E-state index contributed by atoms with van der Waals surface area (Å²) in [5.41, 5.74) is 7.12. The molecular formula is C17H20N2O3S. The molecule has 2 heterocycles. The van der Waals surface area contributed by atoms with E-state index in [4.69, 9.17) is 10.2 Å². The van der Waals surface area contributed by atoms with Gasteiger partial charge >= 0.3 is 0 Å². The van der Waals surface area contributed by atoms with Gasteiger partial charge in [-0.2, -0.15) is 0 Å². The number of amides is 2. The number of hydrogen-bond donors (Lipinski definition) is 2. The van der Waals surface area contributed by atoms with Crippen LogP contribution in [0, 0.1) is 0 Å². The summed E-state index contributed by atoms with van der Waals surface area (Å²) in [4.78, 5) is 25.2. The fourth-order valence-corrected chi connectivity index (χ4v) is 4.28. The zero-order valence-corrected chi connectivity index (χ0v) is 13.7. The molecule has 5 nitrogen and oxygen atoms in total. The first-order chi connectivity index (χ1) is 11.1. The number of thiophene rings is 1. The highest BCUT2D eigenvalue weighted by molar-refractivity contribution is 7.17. The Morgan fingerprint density at radius 1 is 1.26 bits per heavy atom. The molecule has 0 saturated heterocycles. The monoisotopic (exact) mass is 332 g/mol. The van der Waals surface area contributed by atoms with Gasteiger partial charge in [-0.1, -0.05) is 6.42 Å². The molecule has 1 aliphatic rings. The Kier molecular flexibility index (Phi) is 4.81. The number of anilines is 1. The molecule has 0 saturated carbocycles. The third-order valence-electron chi connectivity index (χ3n) is 4.10. The second-order valence-corrected chi connectivity index (χ2v) is 6.87. The number of carbonyl (C=O) groups is 2. The molecule has 1 aliphatic carbocycles. The fourth-order valence-electron chi connectivity index (χ4n) is 2.97. The summed E-state index contributed by atoms with van der Waals surface area (Å²) < 4.78 is 5.22. The minimum atomic E-state index is -0.453. The first-order valence-corrected chi connectivity index (χ1v) is 8.73. The molecular weight excluding hydrogens is 312 g/mol. The molecule has 2 aromatic heterocycles. The van der Waals surface area contributed by atoms with Gasteiger partial charge in [-0.05, 0) is 43.4 Å². The standard InChI is InChI=1S/C17H20N2O3S/c18-16(21)15-12-6-2-1-3-7-13(12)23-17(15)19-14(20)9-8-11-5-4-10-22-11/h4-5,10H,1-3,6-9H2,(H2,18,21)(H,19,20). The van der Waals surface area contributed by atoms with Gasteiger partial charge in [-0.3, -0.25) is 9.59 Å². The van der Waals surface area contributed by atoms with Crippen LogP contribution < -0.4 is 11.1 Å². The van der Waals surface area contributed by atoms with Crippen molar-refractivity contribution < 1.29 is 14.0 Å². The van der Waals surface area contributed by atoms with Gasteiger partial charge in [0.1, 0.15) is 10.8 Å². The topological polar surface area (TPSA) is 85.3 Å². The molecule has 0 bridgehead atoms. The highest BCUT2D eigenvalue weighted by atomic mass is 32.1. The third kappa shape index (κ3) is 3.64. The summed E-state index contributed by atoms with van der Waals surface area (Å²) in [5, 5.41) is 3.47. The van der Waals surface area contributed by atoms with E-state index in [1.54, 1.807) is 12.3 Å². The van der Waals surface area contributed by atoms with Crippen molar-refractivity contribution in [3.8, 4) is 0 Å². The lowest BCUT2D eigenvalue weighted by Gasteiger charge is -2.06. The first-order valence-electron chi connectivity index (χ1n) is 7.91. The van der Waals surface area contributed by atoms with Gasteiger partial charge in [0.25, 0.3) is 5.91 Å². The van der Waals surface area contributed by atoms with Gasteiger partial charge in [-0.15, -0.1) is 11.3 Å². The zero-order chi connectivity index (χ0) is 16.2. The van der Waals surface area contributed by atoms with Crippen molar-refractivity contribution in [1.82, 2.24) is 0 Å². The molecule has 3 rings (SSSR count). The molecule has 0 aromatic carbocycles. The van der Waals surface area contributed by atoms with E-state index in [1.807, 2.05) is 6.07 Å². The van der Waals surface area contributed by atoms with Gasteiger partial charge in [0, 0.05) is 17.7 Å². The van der Waals surface area contributed by atoms with Crippen LogP contribution in [0.5, 0.6) is 0 Å². The molecule has 3 N–H and O–H groups in total. The number of nitrogens with two attached hydrogens (primary N) is 1. The minimum absolute atomic E-state index is 0.125. The third-order valence-corrected chi connectivity index (χ3v) is 5.31. The van der Waals surface area contributed by atoms with Gasteiger partial charge < -0.3 is 15.5 Å². The number of hydrogen-bond acceptors (Lipinski definition) is 4. The van der Waals surface area contributed by atoms with Crippen molar-refractivity contribution in [2.45, 2.75) is 44.9 Å². The first kappa shape index (κ1) is 15.8. The van der Waals surface area contributed by atoms with Gasteiger partial charge in [-0.25, -0.2) is 0 Å². The van der Waals surface area contributed by atoms with Crippen LogP contribution >= 0.6 is 11.3 Å². The minimum Gasteiger partial charge on any atom is -0.469 e. The number of rotatable bonds is 5. The highest BCUT2D eigenvalue weighted by Crippen LogP contribution is 2.37. The second-order valence-electron chi connectivity index (χ2n) is 5.76. The Labute approximate surface area is 138 Å². The Bertz CT molecular complexity index is 704. The van der Waals surface area contributed by atoms with E-state index < -0.39 is 5.91 Å². The van der Waals surface area contributed by atoms with E-state index >= 15 is 0 Å². The van der Waals surface area contributed by atoms with Crippen LogP contribution in [0.2, 0.25) is 0 Å². The maximum absolute atomic E-state index is 12.2. The summed E-state index contributed by atoms with van der Waals surface area (Å²) in [6.45, 7) is 0. The van der Waals surface area contributed by atoms with Crippen molar-refractivity contribution in [2.75, 3.05) is 5.32 Å². The summed E-state index contributed by atoms with van der Waals surface area (Å²) in [7, 11) is 0. The number of primary amides is 1. The number of nitrogens with one attached hydrogen (secondary N) is 1. The van der Waals surface area contributed by atoms with Crippen LogP contribution in [0.25, 0.3) is 0 Å². The molecule has 0 aliphatic heterocycles. The van der Waals surface area contributed by atoms with E-state index in [0.29, 0.717) is 23.4 Å². The molecule has 2 aromatic rings. The van der Waals surface area contributed by atoms with Crippen molar-refractivity contribution in [1.29, 1.82) is 0 Å². The summed E-state index contributed by atoms with van der Waals surface area (Å²) in [5.74, 6) is 0.197. The van der Waals surface area contributed by atoms with Crippen molar-refractivity contribution >= 4 is 28.2 Å². The van der Waals surface area contributed by atoms with Crippen LogP contribution in [-0.4, -0.2) is 11.8 Å². The van der Waals surface area contributed by atoms with Crippen LogP contribution in [0.1, 0.15) is 52.2 Å². The lowest BCUT2D eigenvalue weighted by Crippen LogP contribution is -2.18. The zero-order valence-electron chi connectivity index (χ0n) is 12.9.